The van der Waals surface area contributed by atoms with Gasteiger partial charge in [-0.1, -0.05) is 41.6 Å². The Morgan fingerprint density at radius 2 is 1.88 bits per heavy atom. The van der Waals surface area contributed by atoms with E-state index in [9.17, 15) is 0 Å². The Bertz CT molecular complexity index is 566. The predicted molar refractivity (Wildman–Crippen MR) is 74.3 cm³/mol. The van der Waals surface area contributed by atoms with Crippen LogP contribution in [0.1, 0.15) is 16.5 Å². The van der Waals surface area contributed by atoms with Gasteiger partial charge in [0, 0.05) is 14.8 Å². The average Bonchev–Trinajstić information content (AvgIpc) is 2.46. The fourth-order valence-corrected chi connectivity index (χ4v) is 3.80. The standard InChI is InChI=1S/C14H10Cl2S/c15-10-5-6-13-9(7-10)8-12(16)11-3-1-2-4-14(11)17-13/h1-7,12H,8H2. The first kappa shape index (κ1) is 11.5. The molecule has 0 aliphatic carbocycles. The normalized spacial score (nSPS) is 18.1. The van der Waals surface area contributed by atoms with Crippen LogP contribution in [0.5, 0.6) is 0 Å². The molecule has 1 aliphatic rings. The van der Waals surface area contributed by atoms with Gasteiger partial charge in [-0.2, -0.15) is 0 Å². The van der Waals surface area contributed by atoms with Crippen molar-refractivity contribution in [3.05, 3.63) is 58.6 Å². The Hall–Kier alpha value is -0.630. The topological polar surface area (TPSA) is 0 Å². The van der Waals surface area contributed by atoms with Crippen molar-refractivity contribution >= 4 is 35.0 Å². The first-order valence-corrected chi connectivity index (χ1v) is 7.06. The molecule has 2 aromatic rings. The lowest BCUT2D eigenvalue weighted by Gasteiger charge is -2.09. The number of alkyl halides is 1. The van der Waals surface area contributed by atoms with E-state index in [-0.39, 0.29) is 5.38 Å². The molecule has 0 fully saturated rings. The van der Waals surface area contributed by atoms with E-state index in [2.05, 4.69) is 24.3 Å². The van der Waals surface area contributed by atoms with Crippen LogP contribution in [0.4, 0.5) is 0 Å². The highest BCUT2D eigenvalue weighted by atomic mass is 35.5. The summed E-state index contributed by atoms with van der Waals surface area (Å²) in [6, 6.07) is 14.4. The quantitative estimate of drug-likeness (QED) is 0.588. The van der Waals surface area contributed by atoms with Crippen LogP contribution in [0.2, 0.25) is 5.02 Å². The number of rotatable bonds is 0. The van der Waals surface area contributed by atoms with E-state index < -0.39 is 0 Å². The van der Waals surface area contributed by atoms with Gasteiger partial charge in [-0.15, -0.1) is 11.6 Å². The summed E-state index contributed by atoms with van der Waals surface area (Å²) in [5, 5.41) is 0.803. The summed E-state index contributed by atoms with van der Waals surface area (Å²) in [5.41, 5.74) is 2.45. The second-order valence-electron chi connectivity index (χ2n) is 4.06. The molecule has 0 amide bonds. The zero-order chi connectivity index (χ0) is 11.8. The summed E-state index contributed by atoms with van der Waals surface area (Å²) in [6.07, 6.45) is 0.835. The van der Waals surface area contributed by atoms with E-state index in [4.69, 9.17) is 23.2 Å². The Labute approximate surface area is 115 Å². The second-order valence-corrected chi connectivity index (χ2v) is 6.11. The van der Waals surface area contributed by atoms with Crippen LogP contribution in [0.15, 0.2) is 52.3 Å². The average molecular weight is 281 g/mol. The Balaban J connectivity index is 2.13. The molecule has 0 spiro atoms. The van der Waals surface area contributed by atoms with E-state index in [1.54, 1.807) is 11.8 Å². The molecule has 1 atom stereocenters. The summed E-state index contributed by atoms with van der Waals surface area (Å²) in [7, 11) is 0. The number of hydrogen-bond acceptors (Lipinski definition) is 1. The van der Waals surface area contributed by atoms with Crippen molar-refractivity contribution in [1.29, 1.82) is 0 Å². The van der Waals surface area contributed by atoms with E-state index in [0.717, 1.165) is 11.4 Å². The summed E-state index contributed by atoms with van der Waals surface area (Å²) in [5.74, 6) is 0. The lowest BCUT2D eigenvalue weighted by atomic mass is 10.0. The molecule has 0 aromatic heterocycles. The van der Waals surface area contributed by atoms with Gasteiger partial charge in [0.15, 0.2) is 0 Å². The van der Waals surface area contributed by atoms with Crippen LogP contribution >= 0.6 is 35.0 Å². The van der Waals surface area contributed by atoms with Gasteiger partial charge < -0.3 is 0 Å². The first-order chi connectivity index (χ1) is 8.24. The predicted octanol–water partition coefficient (Wildman–Crippen LogP) is 5.33. The molecule has 1 heterocycles. The number of halogens is 2. The third-order valence-corrected chi connectivity index (χ3v) is 4.73. The van der Waals surface area contributed by atoms with Crippen LogP contribution in [0.3, 0.4) is 0 Å². The first-order valence-electron chi connectivity index (χ1n) is 5.43. The van der Waals surface area contributed by atoms with Gasteiger partial charge in [0.25, 0.3) is 0 Å². The van der Waals surface area contributed by atoms with Crippen molar-refractivity contribution in [3.8, 4) is 0 Å². The highest BCUT2D eigenvalue weighted by Crippen LogP contribution is 2.43. The zero-order valence-corrected chi connectivity index (χ0v) is 11.3. The molecule has 17 heavy (non-hydrogen) atoms. The summed E-state index contributed by atoms with van der Waals surface area (Å²) >= 11 is 14.3. The molecule has 0 nitrogen and oxygen atoms in total. The SMILES string of the molecule is Clc1ccc2c(c1)CC(Cl)c1ccccc1S2. The molecule has 0 radical (unpaired) electrons. The zero-order valence-electron chi connectivity index (χ0n) is 8.99. The lowest BCUT2D eigenvalue weighted by Crippen LogP contribution is -1.95. The van der Waals surface area contributed by atoms with Crippen LogP contribution in [-0.4, -0.2) is 0 Å². The highest BCUT2D eigenvalue weighted by molar-refractivity contribution is 7.99. The molecule has 1 aliphatic heterocycles. The summed E-state index contributed by atoms with van der Waals surface area (Å²) in [6.45, 7) is 0. The minimum absolute atomic E-state index is 0.0263. The van der Waals surface area contributed by atoms with Gasteiger partial charge in [0.05, 0.1) is 5.38 Å². The number of fused-ring (bicyclic) bond motifs is 2. The van der Waals surface area contributed by atoms with Crippen molar-refractivity contribution in [3.63, 3.8) is 0 Å². The van der Waals surface area contributed by atoms with Gasteiger partial charge >= 0.3 is 0 Å². The maximum Gasteiger partial charge on any atom is 0.0637 e. The van der Waals surface area contributed by atoms with Crippen molar-refractivity contribution < 1.29 is 0 Å². The van der Waals surface area contributed by atoms with Gasteiger partial charge in [-0.3, -0.25) is 0 Å². The van der Waals surface area contributed by atoms with Crippen LogP contribution in [-0.2, 0) is 6.42 Å². The Kier molecular flexibility index (Phi) is 3.08. The molecule has 2 aromatic carbocycles. The van der Waals surface area contributed by atoms with Gasteiger partial charge in [-0.05, 0) is 41.8 Å². The van der Waals surface area contributed by atoms with Gasteiger partial charge in [-0.25, -0.2) is 0 Å². The van der Waals surface area contributed by atoms with Crippen molar-refractivity contribution in [2.24, 2.45) is 0 Å². The van der Waals surface area contributed by atoms with Gasteiger partial charge in [0.2, 0.25) is 0 Å². The molecule has 3 heteroatoms. The smallest absolute Gasteiger partial charge is 0.0637 e. The third-order valence-electron chi connectivity index (χ3n) is 2.90. The van der Waals surface area contributed by atoms with E-state index in [0.29, 0.717) is 0 Å². The molecule has 0 saturated carbocycles. The summed E-state index contributed by atoms with van der Waals surface area (Å²) < 4.78 is 0. The molecule has 86 valence electrons. The molecular formula is C14H10Cl2S. The lowest BCUT2D eigenvalue weighted by molar-refractivity contribution is 0.891. The minimum Gasteiger partial charge on any atom is -0.117 e. The van der Waals surface area contributed by atoms with Crippen molar-refractivity contribution in [2.75, 3.05) is 0 Å². The van der Waals surface area contributed by atoms with Crippen molar-refractivity contribution in [2.45, 2.75) is 21.6 Å². The highest BCUT2D eigenvalue weighted by Gasteiger charge is 2.20. The van der Waals surface area contributed by atoms with E-state index in [1.807, 2.05) is 18.2 Å². The third kappa shape index (κ3) is 2.20. The summed E-state index contributed by atoms with van der Waals surface area (Å²) in [4.78, 5) is 2.50. The van der Waals surface area contributed by atoms with Crippen molar-refractivity contribution in [1.82, 2.24) is 0 Å². The fraction of sp³-hybridized carbons (Fsp3) is 0.143. The maximum absolute atomic E-state index is 6.48. The maximum atomic E-state index is 6.48. The molecular weight excluding hydrogens is 271 g/mol. The van der Waals surface area contributed by atoms with Crippen LogP contribution in [0, 0.1) is 0 Å². The van der Waals surface area contributed by atoms with Crippen LogP contribution in [0.25, 0.3) is 0 Å². The van der Waals surface area contributed by atoms with Gasteiger partial charge in [0.1, 0.15) is 0 Å². The molecule has 0 N–H and O–H groups in total. The largest absolute Gasteiger partial charge is 0.117 e. The molecule has 0 bridgehead atoms. The number of hydrogen-bond donors (Lipinski definition) is 0. The monoisotopic (exact) mass is 280 g/mol. The molecule has 1 unspecified atom stereocenters. The Morgan fingerprint density at radius 3 is 2.76 bits per heavy atom. The molecule has 3 rings (SSSR count). The number of benzene rings is 2. The minimum atomic E-state index is 0.0263. The van der Waals surface area contributed by atoms with E-state index >= 15 is 0 Å². The van der Waals surface area contributed by atoms with Crippen LogP contribution < -0.4 is 0 Å². The molecule has 0 saturated heterocycles. The Morgan fingerprint density at radius 1 is 1.06 bits per heavy atom. The fourth-order valence-electron chi connectivity index (χ4n) is 2.06. The van der Waals surface area contributed by atoms with E-state index in [1.165, 1.54) is 20.9 Å². The second kappa shape index (κ2) is 4.56.